The molecule has 25 heavy (non-hydrogen) atoms. The number of esters is 1. The number of benzene rings is 1. The van der Waals surface area contributed by atoms with Gasteiger partial charge in [-0.25, -0.2) is 4.79 Å². The maximum atomic E-state index is 12.0. The second kappa shape index (κ2) is 7.64. The first-order chi connectivity index (χ1) is 12.2. The lowest BCUT2D eigenvalue weighted by atomic mass is 10.2. The van der Waals surface area contributed by atoms with E-state index in [0.717, 1.165) is 4.88 Å². The van der Waals surface area contributed by atoms with Gasteiger partial charge in [0.05, 0.1) is 16.5 Å². The smallest absolute Gasteiger partial charge is 0.347 e. The van der Waals surface area contributed by atoms with Crippen LogP contribution in [0.3, 0.4) is 0 Å². The lowest BCUT2D eigenvalue weighted by Crippen LogP contribution is -2.26. The van der Waals surface area contributed by atoms with Crippen LogP contribution in [-0.2, 0) is 16.1 Å². The Labute approximate surface area is 148 Å². The molecule has 126 valence electrons. The van der Waals surface area contributed by atoms with E-state index < -0.39 is 12.1 Å². The topological polar surface area (TPSA) is 85.3 Å². The molecule has 0 amide bonds. The zero-order chi connectivity index (χ0) is 17.6. The van der Waals surface area contributed by atoms with Crippen LogP contribution in [0.5, 0.6) is 5.75 Å². The summed E-state index contributed by atoms with van der Waals surface area (Å²) in [5, 5.41) is 14.6. The molecule has 2 heterocycles. The highest BCUT2D eigenvalue weighted by Crippen LogP contribution is 2.25. The molecule has 3 aromatic rings. The van der Waals surface area contributed by atoms with E-state index >= 15 is 0 Å². The molecule has 2 aromatic heterocycles. The van der Waals surface area contributed by atoms with E-state index in [2.05, 4.69) is 5.16 Å². The van der Waals surface area contributed by atoms with Gasteiger partial charge in [-0.05, 0) is 42.6 Å². The zero-order valence-corrected chi connectivity index (χ0v) is 14.2. The number of rotatable bonds is 6. The monoisotopic (exact) mass is 354 g/mol. The quantitative estimate of drug-likeness (QED) is 0.626. The Bertz CT molecular complexity index is 879. The molecule has 0 N–H and O–H groups in total. The van der Waals surface area contributed by atoms with Gasteiger partial charge >= 0.3 is 5.97 Å². The Morgan fingerprint density at radius 2 is 2.16 bits per heavy atom. The summed E-state index contributed by atoms with van der Waals surface area (Å²) in [6.07, 6.45) is -0.781. The number of aromatic nitrogens is 1. The average molecular weight is 354 g/mol. The van der Waals surface area contributed by atoms with E-state index in [4.69, 9.17) is 19.3 Å². The molecule has 0 aliphatic carbocycles. The predicted octanol–water partition coefficient (Wildman–Crippen LogP) is 3.79. The minimum absolute atomic E-state index is 0.00871. The van der Waals surface area contributed by atoms with E-state index in [1.165, 1.54) is 0 Å². The number of nitriles is 1. The Kier molecular flexibility index (Phi) is 5.11. The summed E-state index contributed by atoms with van der Waals surface area (Å²) >= 11 is 1.54. The van der Waals surface area contributed by atoms with Gasteiger partial charge in [-0.3, -0.25) is 0 Å². The van der Waals surface area contributed by atoms with Crippen molar-refractivity contribution >= 4 is 17.3 Å². The molecule has 0 aliphatic heterocycles. The highest BCUT2D eigenvalue weighted by molar-refractivity contribution is 7.13. The lowest BCUT2D eigenvalue weighted by molar-refractivity contribution is -0.152. The third-order valence-corrected chi connectivity index (χ3v) is 4.20. The van der Waals surface area contributed by atoms with Gasteiger partial charge < -0.3 is 14.0 Å². The molecular weight excluding hydrogens is 340 g/mol. The summed E-state index contributed by atoms with van der Waals surface area (Å²) in [5.41, 5.74) is 1.05. The molecule has 0 fully saturated rings. The summed E-state index contributed by atoms with van der Waals surface area (Å²) in [7, 11) is 0. The number of carbonyl (C=O) groups excluding carboxylic acids is 1. The minimum atomic E-state index is -0.781. The molecule has 0 unspecified atom stereocenters. The number of nitrogens with zero attached hydrogens (tertiary/aromatic N) is 2. The fourth-order valence-corrected chi connectivity index (χ4v) is 2.71. The molecule has 0 saturated heterocycles. The number of hydrogen-bond acceptors (Lipinski definition) is 7. The first kappa shape index (κ1) is 16.7. The first-order valence-electron chi connectivity index (χ1n) is 7.48. The van der Waals surface area contributed by atoms with E-state index in [-0.39, 0.29) is 6.61 Å². The first-order valence-corrected chi connectivity index (χ1v) is 8.36. The predicted molar refractivity (Wildman–Crippen MR) is 90.9 cm³/mol. The molecule has 3 rings (SSSR count). The Morgan fingerprint density at radius 3 is 2.84 bits per heavy atom. The number of thiophene rings is 1. The maximum absolute atomic E-state index is 12.0. The van der Waals surface area contributed by atoms with Gasteiger partial charge in [0.15, 0.2) is 11.9 Å². The standard InChI is InChI=1S/C18H14N2O4S/c1-12(23-15-6-4-13(10-19)5-7-15)18(21)22-11-14-9-16(24-20-14)17-3-2-8-25-17/h2-9,12H,11H2,1H3/t12-/m1/s1. The van der Waals surface area contributed by atoms with Gasteiger partial charge in [-0.1, -0.05) is 11.2 Å². The largest absolute Gasteiger partial charge is 0.479 e. The van der Waals surface area contributed by atoms with Crippen LogP contribution in [0.1, 0.15) is 18.2 Å². The van der Waals surface area contributed by atoms with Crippen LogP contribution in [0.4, 0.5) is 0 Å². The zero-order valence-electron chi connectivity index (χ0n) is 13.3. The highest BCUT2D eigenvalue weighted by atomic mass is 32.1. The molecule has 1 aromatic carbocycles. The molecule has 0 saturated carbocycles. The van der Waals surface area contributed by atoms with Gasteiger partial charge in [0.25, 0.3) is 0 Å². The average Bonchev–Trinajstić information content (AvgIpc) is 3.31. The van der Waals surface area contributed by atoms with Gasteiger partial charge in [0, 0.05) is 6.07 Å². The fourth-order valence-electron chi connectivity index (χ4n) is 2.04. The lowest BCUT2D eigenvalue weighted by Gasteiger charge is -2.13. The Hall–Kier alpha value is -3.11. The second-order valence-electron chi connectivity index (χ2n) is 5.16. The van der Waals surface area contributed by atoms with Crippen molar-refractivity contribution in [2.75, 3.05) is 0 Å². The molecule has 0 spiro atoms. The fraction of sp³-hybridized carbons (Fsp3) is 0.167. The SMILES string of the molecule is C[C@@H](Oc1ccc(C#N)cc1)C(=O)OCc1cc(-c2cccs2)on1. The van der Waals surface area contributed by atoms with Crippen molar-refractivity contribution in [3.05, 3.63) is 59.1 Å². The third kappa shape index (κ3) is 4.25. The van der Waals surface area contributed by atoms with E-state index in [9.17, 15) is 4.79 Å². The van der Waals surface area contributed by atoms with Gasteiger partial charge in [0.2, 0.25) is 0 Å². The Balaban J connectivity index is 1.52. The number of ether oxygens (including phenoxy) is 2. The molecule has 7 heteroatoms. The summed E-state index contributed by atoms with van der Waals surface area (Å²) in [5.74, 6) is 0.623. The van der Waals surface area contributed by atoms with Gasteiger partial charge in [0.1, 0.15) is 18.1 Å². The molecular formula is C18H14N2O4S. The van der Waals surface area contributed by atoms with Crippen LogP contribution in [0.15, 0.2) is 52.4 Å². The van der Waals surface area contributed by atoms with Crippen molar-refractivity contribution in [3.63, 3.8) is 0 Å². The summed E-state index contributed by atoms with van der Waals surface area (Å²) in [4.78, 5) is 13.0. The Morgan fingerprint density at radius 1 is 1.36 bits per heavy atom. The van der Waals surface area contributed by atoms with Crippen LogP contribution < -0.4 is 4.74 Å². The second-order valence-corrected chi connectivity index (χ2v) is 6.11. The van der Waals surface area contributed by atoms with Crippen molar-refractivity contribution in [1.29, 1.82) is 5.26 Å². The third-order valence-electron chi connectivity index (χ3n) is 3.31. The van der Waals surface area contributed by atoms with Crippen molar-refractivity contribution in [2.24, 2.45) is 0 Å². The van der Waals surface area contributed by atoms with E-state index in [0.29, 0.717) is 22.8 Å². The molecule has 0 radical (unpaired) electrons. The maximum Gasteiger partial charge on any atom is 0.347 e. The van der Waals surface area contributed by atoms with E-state index in [1.807, 2.05) is 23.6 Å². The van der Waals surface area contributed by atoms with E-state index in [1.54, 1.807) is 48.6 Å². The van der Waals surface area contributed by atoms with Crippen molar-refractivity contribution in [1.82, 2.24) is 5.16 Å². The van der Waals surface area contributed by atoms with Gasteiger partial charge in [-0.15, -0.1) is 11.3 Å². The number of carbonyl (C=O) groups is 1. The molecule has 0 aliphatic rings. The van der Waals surface area contributed by atoms with Crippen LogP contribution in [0, 0.1) is 11.3 Å². The van der Waals surface area contributed by atoms with Crippen LogP contribution in [-0.4, -0.2) is 17.2 Å². The number of hydrogen-bond donors (Lipinski definition) is 0. The van der Waals surface area contributed by atoms with Crippen LogP contribution in [0.25, 0.3) is 10.6 Å². The van der Waals surface area contributed by atoms with Crippen molar-refractivity contribution in [3.8, 4) is 22.5 Å². The highest BCUT2D eigenvalue weighted by Gasteiger charge is 2.17. The molecule has 6 nitrogen and oxygen atoms in total. The molecule has 1 atom stereocenters. The van der Waals surface area contributed by atoms with Crippen LogP contribution >= 0.6 is 11.3 Å². The van der Waals surface area contributed by atoms with Gasteiger partial charge in [-0.2, -0.15) is 5.26 Å². The summed E-state index contributed by atoms with van der Waals surface area (Å²) < 4.78 is 15.9. The normalized spacial score (nSPS) is 11.5. The minimum Gasteiger partial charge on any atom is -0.479 e. The summed E-state index contributed by atoms with van der Waals surface area (Å²) in [6.45, 7) is 1.61. The van der Waals surface area contributed by atoms with Crippen molar-refractivity contribution in [2.45, 2.75) is 19.6 Å². The van der Waals surface area contributed by atoms with Crippen molar-refractivity contribution < 1.29 is 18.8 Å². The molecule has 0 bridgehead atoms. The van der Waals surface area contributed by atoms with Crippen LogP contribution in [0.2, 0.25) is 0 Å². The summed E-state index contributed by atoms with van der Waals surface area (Å²) in [6, 6.07) is 14.1.